The average Bonchev–Trinajstić information content (AvgIpc) is 2.03. The highest BCUT2D eigenvalue weighted by atomic mass is 32.1. The van der Waals surface area contributed by atoms with Crippen molar-refractivity contribution in [1.82, 2.24) is 5.32 Å². The molecule has 68 valence electrons. The van der Waals surface area contributed by atoms with Crippen molar-refractivity contribution >= 4 is 23.7 Å². The molecule has 0 aromatic heterocycles. The Morgan fingerprint density at radius 2 is 2.17 bits per heavy atom. The molecule has 0 aliphatic rings. The van der Waals surface area contributed by atoms with E-state index in [4.69, 9.17) is 0 Å². The molecule has 4 heteroatoms. The van der Waals surface area contributed by atoms with Gasteiger partial charge in [-0.3, -0.25) is 9.59 Å². The molecule has 0 bridgehead atoms. The highest BCUT2D eigenvalue weighted by molar-refractivity contribution is 7.96. The number of thiol groups is 1. The maximum Gasteiger partial charge on any atom is 0.244 e. The van der Waals surface area contributed by atoms with Crippen LogP contribution in [0.5, 0.6) is 0 Å². The van der Waals surface area contributed by atoms with Gasteiger partial charge in [0, 0.05) is 0 Å². The summed E-state index contributed by atoms with van der Waals surface area (Å²) in [5.41, 5.74) is -0.881. The molecule has 0 aliphatic carbocycles. The lowest BCUT2D eigenvalue weighted by molar-refractivity contribution is -0.124. The normalized spacial score (nSPS) is 14.6. The van der Waals surface area contributed by atoms with Gasteiger partial charge in [0.05, 0.1) is 0 Å². The minimum Gasteiger partial charge on any atom is -0.339 e. The van der Waals surface area contributed by atoms with Gasteiger partial charge in [-0.15, -0.1) is 12.6 Å². The maximum atomic E-state index is 11.0. The van der Waals surface area contributed by atoms with Crippen molar-refractivity contribution in [2.24, 2.45) is 0 Å². The second-order valence-electron chi connectivity index (χ2n) is 2.68. The van der Waals surface area contributed by atoms with E-state index in [1.54, 1.807) is 13.8 Å². The minimum absolute atomic E-state index is 0.347. The fraction of sp³-hybridized carbons (Fsp3) is 0.500. The summed E-state index contributed by atoms with van der Waals surface area (Å²) >= 11 is 3.68. The molecule has 0 radical (unpaired) electrons. The number of nitrogens with one attached hydrogen (secondary N) is 1. The third-order valence-electron chi connectivity index (χ3n) is 1.76. The fourth-order valence-electron chi connectivity index (χ4n) is 0.616. The van der Waals surface area contributed by atoms with Crippen molar-refractivity contribution in [3.63, 3.8) is 0 Å². The maximum absolute atomic E-state index is 11.0. The van der Waals surface area contributed by atoms with E-state index in [0.29, 0.717) is 6.42 Å². The quantitative estimate of drug-likeness (QED) is 0.507. The largest absolute Gasteiger partial charge is 0.339 e. The van der Waals surface area contributed by atoms with E-state index in [-0.39, 0.29) is 11.0 Å². The summed E-state index contributed by atoms with van der Waals surface area (Å²) in [6.07, 6.45) is 1.64. The van der Waals surface area contributed by atoms with Gasteiger partial charge in [-0.1, -0.05) is 13.5 Å². The van der Waals surface area contributed by atoms with Gasteiger partial charge >= 0.3 is 0 Å². The Hall–Kier alpha value is -0.770. The van der Waals surface area contributed by atoms with Crippen LogP contribution in [0.2, 0.25) is 0 Å². The van der Waals surface area contributed by atoms with Crippen LogP contribution in [0.15, 0.2) is 12.7 Å². The van der Waals surface area contributed by atoms with Crippen LogP contribution < -0.4 is 5.32 Å². The van der Waals surface area contributed by atoms with Gasteiger partial charge in [-0.2, -0.15) is 0 Å². The first-order chi connectivity index (χ1) is 5.46. The van der Waals surface area contributed by atoms with Crippen LogP contribution in [-0.2, 0) is 9.59 Å². The number of carbonyl (C=O) groups excluding carboxylic acids is 2. The van der Waals surface area contributed by atoms with Crippen LogP contribution in [-0.4, -0.2) is 16.6 Å². The van der Waals surface area contributed by atoms with E-state index in [0.717, 1.165) is 6.08 Å². The highest BCUT2D eigenvalue weighted by Crippen LogP contribution is 2.12. The molecule has 3 nitrogen and oxygen atoms in total. The topological polar surface area (TPSA) is 46.2 Å². The molecule has 0 saturated heterocycles. The van der Waals surface area contributed by atoms with E-state index in [1.165, 1.54) is 0 Å². The number of hydrogen-bond acceptors (Lipinski definition) is 2. The van der Waals surface area contributed by atoms with Gasteiger partial charge < -0.3 is 5.32 Å². The van der Waals surface area contributed by atoms with Crippen molar-refractivity contribution in [2.75, 3.05) is 0 Å². The van der Waals surface area contributed by atoms with Gasteiger partial charge in [0.2, 0.25) is 11.0 Å². The Kier molecular flexibility index (Phi) is 4.03. The van der Waals surface area contributed by atoms with Crippen LogP contribution >= 0.6 is 12.6 Å². The summed E-state index contributed by atoms with van der Waals surface area (Å²) in [4.78, 5) is 21.8. The molecule has 0 spiro atoms. The summed E-state index contributed by atoms with van der Waals surface area (Å²) in [5, 5.41) is 2.16. The van der Waals surface area contributed by atoms with Crippen LogP contribution in [0.1, 0.15) is 20.3 Å². The summed E-state index contributed by atoms with van der Waals surface area (Å²) in [5.74, 6) is -0.359. The average molecular weight is 187 g/mol. The van der Waals surface area contributed by atoms with Crippen LogP contribution in [0.4, 0.5) is 0 Å². The van der Waals surface area contributed by atoms with Gasteiger partial charge in [0.15, 0.2) is 0 Å². The van der Waals surface area contributed by atoms with Crippen molar-refractivity contribution in [3.05, 3.63) is 12.7 Å². The predicted octanol–water partition coefficient (Wildman–Crippen LogP) is 0.914. The second kappa shape index (κ2) is 4.30. The van der Waals surface area contributed by atoms with Crippen molar-refractivity contribution < 1.29 is 9.59 Å². The minimum atomic E-state index is -0.881. The first-order valence-corrected chi connectivity index (χ1v) is 4.09. The Labute approximate surface area is 77.6 Å². The molecule has 0 heterocycles. The molecule has 12 heavy (non-hydrogen) atoms. The number of amides is 1. The third kappa shape index (κ3) is 2.70. The van der Waals surface area contributed by atoms with E-state index >= 15 is 0 Å². The number of hydrogen-bond donors (Lipinski definition) is 2. The molecule has 1 N–H and O–H groups in total. The summed E-state index contributed by atoms with van der Waals surface area (Å²) in [6, 6.07) is 0. The van der Waals surface area contributed by atoms with Crippen molar-refractivity contribution in [2.45, 2.75) is 25.8 Å². The Bertz CT molecular complexity index is 215. The molecule has 0 aliphatic heterocycles. The molecular weight excluding hydrogens is 174 g/mol. The SMILES string of the molecule is C=CC(=O)NC(C)(CC)C(=O)S. The van der Waals surface area contributed by atoms with Crippen LogP contribution in [0, 0.1) is 0 Å². The fourth-order valence-corrected chi connectivity index (χ4v) is 0.830. The van der Waals surface area contributed by atoms with E-state index in [1.807, 2.05) is 0 Å². The summed E-state index contributed by atoms with van der Waals surface area (Å²) in [6.45, 7) is 6.72. The molecule has 0 fully saturated rings. The molecule has 0 aromatic rings. The van der Waals surface area contributed by atoms with Gasteiger partial charge in [0.25, 0.3) is 0 Å². The first-order valence-electron chi connectivity index (χ1n) is 3.64. The monoisotopic (exact) mass is 187 g/mol. The van der Waals surface area contributed by atoms with E-state index in [9.17, 15) is 9.59 Å². The number of carbonyl (C=O) groups is 2. The van der Waals surface area contributed by atoms with Crippen LogP contribution in [0.3, 0.4) is 0 Å². The van der Waals surface area contributed by atoms with Crippen molar-refractivity contribution in [3.8, 4) is 0 Å². The van der Waals surface area contributed by atoms with Gasteiger partial charge in [-0.25, -0.2) is 0 Å². The standard InChI is InChI=1S/C8H13NO2S/c1-4-6(10)9-8(3,5-2)7(11)12/h4H,1,5H2,2-3H3,(H,9,10)(H,11,12). The zero-order valence-electron chi connectivity index (χ0n) is 7.26. The molecule has 1 amide bonds. The molecular formula is C8H13NO2S. The zero-order chi connectivity index (χ0) is 9.78. The molecule has 1 unspecified atom stereocenters. The van der Waals surface area contributed by atoms with E-state index in [2.05, 4.69) is 24.5 Å². The molecule has 0 aromatic carbocycles. The molecule has 0 rings (SSSR count). The molecule has 1 atom stereocenters. The highest BCUT2D eigenvalue weighted by Gasteiger charge is 2.29. The Morgan fingerprint density at radius 3 is 2.42 bits per heavy atom. The van der Waals surface area contributed by atoms with Gasteiger partial charge in [0.1, 0.15) is 5.54 Å². The zero-order valence-corrected chi connectivity index (χ0v) is 8.15. The molecule has 0 saturated carbocycles. The van der Waals surface area contributed by atoms with Gasteiger partial charge in [-0.05, 0) is 19.4 Å². The van der Waals surface area contributed by atoms with E-state index < -0.39 is 5.54 Å². The first kappa shape index (κ1) is 11.2. The Balaban J connectivity index is 4.44. The lowest BCUT2D eigenvalue weighted by Gasteiger charge is -2.24. The summed E-state index contributed by atoms with van der Waals surface area (Å²) < 4.78 is 0. The number of rotatable bonds is 4. The lowest BCUT2D eigenvalue weighted by Crippen LogP contribution is -2.49. The van der Waals surface area contributed by atoms with Crippen molar-refractivity contribution in [1.29, 1.82) is 0 Å². The predicted molar refractivity (Wildman–Crippen MR) is 51.0 cm³/mol. The second-order valence-corrected chi connectivity index (χ2v) is 3.09. The third-order valence-corrected chi connectivity index (χ3v) is 2.26. The lowest BCUT2D eigenvalue weighted by atomic mass is 10.0. The Morgan fingerprint density at radius 1 is 1.67 bits per heavy atom. The smallest absolute Gasteiger partial charge is 0.244 e. The van der Waals surface area contributed by atoms with Crippen LogP contribution in [0.25, 0.3) is 0 Å². The summed E-state index contributed by atoms with van der Waals surface area (Å²) in [7, 11) is 0.